The Morgan fingerprint density at radius 3 is 2.04 bits per heavy atom. The van der Waals surface area contributed by atoms with Gasteiger partial charge in [0.2, 0.25) is 0 Å². The predicted octanol–water partition coefficient (Wildman–Crippen LogP) is 5.60. The van der Waals surface area contributed by atoms with Gasteiger partial charge in [0.25, 0.3) is 0 Å². The van der Waals surface area contributed by atoms with Crippen molar-refractivity contribution < 1.29 is 14.7 Å². The maximum atomic E-state index is 12.7. The van der Waals surface area contributed by atoms with E-state index in [0.29, 0.717) is 12.8 Å². The number of carboxylic acid groups (broad SMARTS) is 1. The Labute approximate surface area is 147 Å². The fourth-order valence-corrected chi connectivity index (χ4v) is 3.33. The molecule has 0 aromatic heterocycles. The molecule has 3 aromatic carbocycles. The largest absolute Gasteiger partial charge is 0.481 e. The van der Waals surface area contributed by atoms with E-state index in [1.807, 2.05) is 42.5 Å². The molecule has 0 atom stereocenters. The number of aliphatic carboxylic acids is 1. The monoisotopic (exact) mass is 334 g/mol. The van der Waals surface area contributed by atoms with E-state index in [0.717, 1.165) is 41.0 Å². The molecule has 0 aliphatic carbocycles. The predicted molar refractivity (Wildman–Crippen MR) is 101 cm³/mol. The minimum Gasteiger partial charge on any atom is -0.481 e. The van der Waals surface area contributed by atoms with Crippen molar-refractivity contribution in [3.05, 3.63) is 60.2 Å². The highest BCUT2D eigenvalue weighted by atomic mass is 16.4. The number of carbonyl (C=O) groups is 2. The summed E-state index contributed by atoms with van der Waals surface area (Å²) < 4.78 is 0. The first-order valence-corrected chi connectivity index (χ1v) is 8.82. The van der Waals surface area contributed by atoms with E-state index in [-0.39, 0.29) is 12.2 Å². The molecule has 3 aromatic rings. The lowest BCUT2D eigenvalue weighted by molar-refractivity contribution is -0.137. The molecular formula is C22H22O3. The van der Waals surface area contributed by atoms with Crippen LogP contribution in [0.4, 0.5) is 0 Å². The molecule has 25 heavy (non-hydrogen) atoms. The van der Waals surface area contributed by atoms with E-state index in [1.165, 1.54) is 5.39 Å². The van der Waals surface area contributed by atoms with Crippen molar-refractivity contribution in [3.8, 4) is 0 Å². The van der Waals surface area contributed by atoms with Crippen LogP contribution in [0, 0.1) is 0 Å². The lowest BCUT2D eigenvalue weighted by Crippen LogP contribution is -2.01. The van der Waals surface area contributed by atoms with Crippen LogP contribution in [0.3, 0.4) is 0 Å². The Morgan fingerprint density at radius 1 is 0.720 bits per heavy atom. The fourth-order valence-electron chi connectivity index (χ4n) is 3.33. The number of Topliss-reactive ketones (excluding diaryl/α,β-unsaturated/α-hetero) is 1. The highest BCUT2D eigenvalue weighted by Gasteiger charge is 2.12. The molecule has 0 radical (unpaired) electrons. The van der Waals surface area contributed by atoms with E-state index >= 15 is 0 Å². The summed E-state index contributed by atoms with van der Waals surface area (Å²) in [6, 6.07) is 18.2. The second kappa shape index (κ2) is 7.93. The summed E-state index contributed by atoms with van der Waals surface area (Å²) in [5, 5.41) is 13.0. The van der Waals surface area contributed by atoms with Gasteiger partial charge >= 0.3 is 5.97 Å². The topological polar surface area (TPSA) is 54.4 Å². The zero-order valence-corrected chi connectivity index (χ0v) is 14.2. The summed E-state index contributed by atoms with van der Waals surface area (Å²) in [6.45, 7) is 0. The third-order valence-corrected chi connectivity index (χ3v) is 4.61. The van der Waals surface area contributed by atoms with Gasteiger partial charge in [-0.3, -0.25) is 9.59 Å². The summed E-state index contributed by atoms with van der Waals surface area (Å²) >= 11 is 0. The van der Waals surface area contributed by atoms with Gasteiger partial charge in [0, 0.05) is 18.4 Å². The summed E-state index contributed by atoms with van der Waals surface area (Å²) in [5.74, 6) is -0.584. The SMILES string of the molecule is O=C(O)CCCCCCC(=O)c1cc2ccccc2c2ccccc12. The highest BCUT2D eigenvalue weighted by molar-refractivity contribution is 6.17. The molecule has 3 rings (SSSR count). The first-order valence-electron chi connectivity index (χ1n) is 8.82. The van der Waals surface area contributed by atoms with E-state index in [2.05, 4.69) is 12.1 Å². The van der Waals surface area contributed by atoms with Crippen molar-refractivity contribution in [3.63, 3.8) is 0 Å². The molecule has 0 saturated carbocycles. The summed E-state index contributed by atoms with van der Waals surface area (Å²) in [7, 11) is 0. The smallest absolute Gasteiger partial charge is 0.303 e. The lowest BCUT2D eigenvalue weighted by Gasteiger charge is -2.10. The lowest BCUT2D eigenvalue weighted by atomic mass is 9.93. The van der Waals surface area contributed by atoms with Gasteiger partial charge in [-0.2, -0.15) is 0 Å². The number of fused-ring (bicyclic) bond motifs is 3. The van der Waals surface area contributed by atoms with Crippen LogP contribution >= 0.6 is 0 Å². The van der Waals surface area contributed by atoms with Gasteiger partial charge in [0.1, 0.15) is 0 Å². The van der Waals surface area contributed by atoms with Crippen molar-refractivity contribution >= 4 is 33.3 Å². The maximum Gasteiger partial charge on any atom is 0.303 e. The average Bonchev–Trinajstić information content (AvgIpc) is 2.63. The number of carbonyl (C=O) groups excluding carboxylic acids is 1. The summed E-state index contributed by atoms with van der Waals surface area (Å²) in [5.41, 5.74) is 0.792. The van der Waals surface area contributed by atoms with Crippen molar-refractivity contribution in [2.24, 2.45) is 0 Å². The molecule has 0 fully saturated rings. The van der Waals surface area contributed by atoms with Gasteiger partial charge in [0.05, 0.1) is 0 Å². The van der Waals surface area contributed by atoms with Crippen molar-refractivity contribution in [2.45, 2.75) is 38.5 Å². The quantitative estimate of drug-likeness (QED) is 0.331. The van der Waals surface area contributed by atoms with E-state index in [9.17, 15) is 9.59 Å². The van der Waals surface area contributed by atoms with Crippen LogP contribution in [-0.4, -0.2) is 16.9 Å². The van der Waals surface area contributed by atoms with Crippen molar-refractivity contribution in [1.82, 2.24) is 0 Å². The Kier molecular flexibility index (Phi) is 5.44. The molecule has 3 nitrogen and oxygen atoms in total. The van der Waals surface area contributed by atoms with E-state index in [4.69, 9.17) is 5.11 Å². The zero-order valence-electron chi connectivity index (χ0n) is 14.2. The Bertz CT molecular complexity index is 911. The number of hydrogen-bond acceptors (Lipinski definition) is 2. The number of benzene rings is 3. The van der Waals surface area contributed by atoms with Crippen LogP contribution in [0.5, 0.6) is 0 Å². The van der Waals surface area contributed by atoms with Gasteiger partial charge in [0.15, 0.2) is 5.78 Å². The van der Waals surface area contributed by atoms with Crippen molar-refractivity contribution in [2.75, 3.05) is 0 Å². The van der Waals surface area contributed by atoms with Gasteiger partial charge in [-0.15, -0.1) is 0 Å². The van der Waals surface area contributed by atoms with Gasteiger partial charge in [-0.1, -0.05) is 61.4 Å². The second-order valence-electron chi connectivity index (χ2n) is 6.42. The third kappa shape index (κ3) is 4.05. The van der Waals surface area contributed by atoms with Gasteiger partial charge < -0.3 is 5.11 Å². The standard InChI is InChI=1S/C22H22O3/c23-21(13-3-1-2-4-14-22(24)25)20-15-16-9-5-6-10-17(16)18-11-7-8-12-19(18)20/h5-12,15H,1-4,13-14H2,(H,24,25). The normalized spacial score (nSPS) is 11.0. The van der Waals surface area contributed by atoms with Crippen LogP contribution < -0.4 is 0 Å². The molecular weight excluding hydrogens is 312 g/mol. The minimum atomic E-state index is -0.751. The van der Waals surface area contributed by atoms with Crippen LogP contribution in [0.1, 0.15) is 48.9 Å². The Morgan fingerprint density at radius 2 is 1.32 bits per heavy atom. The van der Waals surface area contributed by atoms with E-state index in [1.54, 1.807) is 0 Å². The summed E-state index contributed by atoms with van der Waals surface area (Å²) in [6.07, 6.45) is 3.96. The van der Waals surface area contributed by atoms with Crippen molar-refractivity contribution in [1.29, 1.82) is 0 Å². The minimum absolute atomic E-state index is 0.167. The zero-order chi connectivity index (χ0) is 17.6. The number of rotatable bonds is 8. The number of hydrogen-bond donors (Lipinski definition) is 1. The molecule has 0 unspecified atom stereocenters. The maximum absolute atomic E-state index is 12.7. The molecule has 0 aliphatic heterocycles. The molecule has 128 valence electrons. The molecule has 0 heterocycles. The molecule has 1 N–H and O–H groups in total. The second-order valence-corrected chi connectivity index (χ2v) is 6.42. The number of unbranched alkanes of at least 4 members (excludes halogenated alkanes) is 3. The van der Waals surface area contributed by atoms with E-state index < -0.39 is 5.97 Å². The number of carboxylic acids is 1. The van der Waals surface area contributed by atoms with Gasteiger partial charge in [-0.25, -0.2) is 0 Å². The van der Waals surface area contributed by atoms with Crippen LogP contribution in [0.15, 0.2) is 54.6 Å². The molecule has 0 bridgehead atoms. The molecule has 0 amide bonds. The molecule has 0 saturated heterocycles. The van der Waals surface area contributed by atoms with Crippen LogP contribution in [-0.2, 0) is 4.79 Å². The molecule has 0 spiro atoms. The summed E-state index contributed by atoms with van der Waals surface area (Å²) in [4.78, 5) is 23.3. The Hall–Kier alpha value is -2.68. The molecule has 3 heteroatoms. The Balaban J connectivity index is 1.75. The first kappa shape index (κ1) is 17.2. The molecule has 0 aliphatic rings. The highest BCUT2D eigenvalue weighted by Crippen LogP contribution is 2.29. The van der Waals surface area contributed by atoms with Crippen LogP contribution in [0.25, 0.3) is 21.5 Å². The first-order chi connectivity index (χ1) is 12.2. The number of ketones is 1. The van der Waals surface area contributed by atoms with Crippen LogP contribution in [0.2, 0.25) is 0 Å². The third-order valence-electron chi connectivity index (χ3n) is 4.61. The van der Waals surface area contributed by atoms with Gasteiger partial charge in [-0.05, 0) is 40.5 Å². The fraction of sp³-hybridized carbons (Fsp3) is 0.273. The average molecular weight is 334 g/mol.